The Balaban J connectivity index is 1.62. The van der Waals surface area contributed by atoms with Gasteiger partial charge >= 0.3 is 11.9 Å². The van der Waals surface area contributed by atoms with Gasteiger partial charge in [0.05, 0.1) is 49.1 Å². The van der Waals surface area contributed by atoms with E-state index >= 15 is 0 Å². The number of para-hydroxylation sites is 1. The van der Waals surface area contributed by atoms with Gasteiger partial charge in [-0.3, -0.25) is 9.63 Å². The van der Waals surface area contributed by atoms with Crippen molar-refractivity contribution in [3.63, 3.8) is 0 Å². The number of carbonyl (C=O) groups excluding carboxylic acids is 2. The zero-order valence-electron chi connectivity index (χ0n) is 19.7. The zero-order chi connectivity index (χ0) is 25.1. The van der Waals surface area contributed by atoms with Crippen molar-refractivity contribution in [2.75, 3.05) is 18.5 Å². The van der Waals surface area contributed by atoms with E-state index in [2.05, 4.69) is 16.0 Å². The van der Waals surface area contributed by atoms with Crippen LogP contribution in [0.4, 0.5) is 10.5 Å². The van der Waals surface area contributed by atoms with Crippen LogP contribution >= 0.6 is 0 Å². The molecule has 0 aromatic heterocycles. The molecule has 1 atom stereocenters. The van der Waals surface area contributed by atoms with E-state index in [0.717, 1.165) is 17.7 Å². The number of carbonyl (C=O) groups is 2. The average Bonchev–Trinajstić information content (AvgIpc) is 3.26. The normalized spacial score (nSPS) is 16.4. The maximum atomic E-state index is 12.8. The minimum atomic E-state index is -1.38. The number of anilines is 1. The van der Waals surface area contributed by atoms with Gasteiger partial charge in [-0.1, -0.05) is 42.8 Å². The van der Waals surface area contributed by atoms with E-state index in [1.54, 1.807) is 55.5 Å². The molecule has 35 heavy (non-hydrogen) atoms. The number of hydrogen-bond donors (Lipinski definition) is 2. The summed E-state index contributed by atoms with van der Waals surface area (Å²) in [5, 5.41) is 16.1. The summed E-state index contributed by atoms with van der Waals surface area (Å²) < 4.78 is 10.4. The molecule has 0 aliphatic carbocycles. The Hall–Kier alpha value is -4.10. The minimum absolute atomic E-state index is 0.0406. The fourth-order valence-corrected chi connectivity index (χ4v) is 3.41. The van der Waals surface area contributed by atoms with Crippen molar-refractivity contribution < 1.29 is 28.7 Å². The highest BCUT2D eigenvalue weighted by atomic mass is 16.8. The summed E-state index contributed by atoms with van der Waals surface area (Å²) in [7, 11) is 0. The summed E-state index contributed by atoms with van der Waals surface area (Å²) in [6.45, 7) is 4.04. The number of amides is 1. The second-order valence-electron chi connectivity index (χ2n) is 7.80. The third-order valence-corrected chi connectivity index (χ3v) is 5.09. The highest BCUT2D eigenvalue weighted by molar-refractivity contribution is 5.99. The van der Waals surface area contributed by atoms with Crippen molar-refractivity contribution in [3.05, 3.63) is 65.2 Å². The predicted octanol–water partition coefficient (Wildman–Crippen LogP) is 4.28. The molecule has 2 aromatic carbocycles. The van der Waals surface area contributed by atoms with Crippen molar-refractivity contribution >= 4 is 23.5 Å². The Morgan fingerprint density at radius 3 is 2.66 bits per heavy atom. The lowest BCUT2D eigenvalue weighted by Crippen LogP contribution is -2.42. The first-order valence-electron chi connectivity index (χ1n) is 11.3. The molecule has 1 amide bonds. The number of nitriles is 1. The van der Waals surface area contributed by atoms with Crippen LogP contribution < -0.4 is 10.8 Å². The van der Waals surface area contributed by atoms with Crippen LogP contribution in [-0.4, -0.2) is 36.7 Å². The van der Waals surface area contributed by atoms with Crippen molar-refractivity contribution in [2.45, 2.75) is 45.5 Å². The van der Waals surface area contributed by atoms with E-state index in [1.165, 1.54) is 0 Å². The van der Waals surface area contributed by atoms with E-state index in [0.29, 0.717) is 23.2 Å². The third-order valence-electron chi connectivity index (χ3n) is 5.09. The molecule has 2 N–H and O–H groups in total. The number of hydroxylamine groups is 1. The first-order chi connectivity index (χ1) is 17.0. The van der Waals surface area contributed by atoms with Gasteiger partial charge < -0.3 is 19.6 Å². The number of nitrogens with one attached hydrogen (secondary N) is 2. The molecule has 0 spiro atoms. The SMILES string of the molecule is CCCC1=NOC(CNc2ccccc2C(=O)NOCc2ccc(C#N)cc2)(OC(=O)OCC)C1. The number of oxime groups is 1. The molecule has 1 heterocycles. The second-order valence-corrected chi connectivity index (χ2v) is 7.80. The number of nitrogens with zero attached hydrogens (tertiary/aromatic N) is 2. The zero-order valence-corrected chi connectivity index (χ0v) is 19.7. The van der Waals surface area contributed by atoms with Crippen LogP contribution in [0.15, 0.2) is 53.7 Å². The molecule has 1 aliphatic heterocycles. The van der Waals surface area contributed by atoms with Crippen LogP contribution in [0, 0.1) is 11.3 Å². The molecule has 10 heteroatoms. The Morgan fingerprint density at radius 1 is 1.17 bits per heavy atom. The molecule has 3 rings (SSSR count). The maximum Gasteiger partial charge on any atom is 0.511 e. The molecular weight excluding hydrogens is 452 g/mol. The first kappa shape index (κ1) is 25.5. The predicted molar refractivity (Wildman–Crippen MR) is 127 cm³/mol. The molecule has 0 saturated carbocycles. The molecule has 184 valence electrons. The van der Waals surface area contributed by atoms with E-state index in [1.807, 2.05) is 13.0 Å². The monoisotopic (exact) mass is 480 g/mol. The molecule has 0 bridgehead atoms. The number of benzene rings is 2. The molecule has 0 radical (unpaired) electrons. The molecule has 2 aromatic rings. The van der Waals surface area contributed by atoms with Gasteiger partial charge in [-0.25, -0.2) is 10.3 Å². The summed E-state index contributed by atoms with van der Waals surface area (Å²) in [4.78, 5) is 35.7. The van der Waals surface area contributed by atoms with Crippen molar-refractivity contribution in [3.8, 4) is 6.07 Å². The van der Waals surface area contributed by atoms with Gasteiger partial charge in [0.2, 0.25) is 0 Å². The van der Waals surface area contributed by atoms with Crippen LogP contribution in [-0.2, 0) is 25.8 Å². The van der Waals surface area contributed by atoms with Crippen molar-refractivity contribution in [1.29, 1.82) is 5.26 Å². The van der Waals surface area contributed by atoms with E-state index in [9.17, 15) is 9.59 Å². The topological polar surface area (TPSA) is 131 Å². The number of rotatable bonds is 11. The molecular formula is C25H28N4O6. The molecule has 1 unspecified atom stereocenters. The summed E-state index contributed by atoms with van der Waals surface area (Å²) >= 11 is 0. The molecule has 10 nitrogen and oxygen atoms in total. The molecule has 0 saturated heterocycles. The lowest BCUT2D eigenvalue weighted by atomic mass is 10.1. The highest BCUT2D eigenvalue weighted by Crippen LogP contribution is 2.29. The van der Waals surface area contributed by atoms with Crippen LogP contribution in [0.2, 0.25) is 0 Å². The van der Waals surface area contributed by atoms with Crippen LogP contribution in [0.3, 0.4) is 0 Å². The largest absolute Gasteiger partial charge is 0.511 e. The molecule has 0 fully saturated rings. The Kier molecular flexibility index (Phi) is 9.03. The van der Waals surface area contributed by atoms with Gasteiger partial charge in [-0.05, 0) is 43.2 Å². The summed E-state index contributed by atoms with van der Waals surface area (Å²) in [6.07, 6.45) is 1.01. The highest BCUT2D eigenvalue weighted by Gasteiger charge is 2.43. The van der Waals surface area contributed by atoms with E-state index < -0.39 is 17.8 Å². The lowest BCUT2D eigenvalue weighted by Gasteiger charge is -2.27. The van der Waals surface area contributed by atoms with Gasteiger partial charge in [0.25, 0.3) is 5.91 Å². The Morgan fingerprint density at radius 2 is 1.94 bits per heavy atom. The van der Waals surface area contributed by atoms with E-state index in [-0.39, 0.29) is 26.2 Å². The standard InChI is InChI=1S/C25H28N4O6/c1-3-7-20-14-25(35-28-20,34-24(31)32-4-2)17-27-22-9-6-5-8-21(22)23(30)29-33-16-19-12-10-18(15-26)11-13-19/h5-6,8-13,27H,3-4,7,14,16-17H2,1-2H3,(H,29,30). The molecule has 1 aliphatic rings. The third kappa shape index (κ3) is 7.19. The van der Waals surface area contributed by atoms with Crippen LogP contribution in [0.5, 0.6) is 0 Å². The lowest BCUT2D eigenvalue weighted by molar-refractivity contribution is -0.187. The Labute approximate surface area is 203 Å². The van der Waals surface area contributed by atoms with Crippen molar-refractivity contribution in [1.82, 2.24) is 5.48 Å². The van der Waals surface area contributed by atoms with Gasteiger partial charge in [-0.15, -0.1) is 0 Å². The van der Waals surface area contributed by atoms with Gasteiger partial charge in [-0.2, -0.15) is 5.26 Å². The summed E-state index contributed by atoms with van der Waals surface area (Å²) in [6, 6.07) is 15.7. The Bertz CT molecular complexity index is 1100. The fraction of sp³-hybridized carbons (Fsp3) is 0.360. The van der Waals surface area contributed by atoms with Gasteiger partial charge in [0.15, 0.2) is 0 Å². The second kappa shape index (κ2) is 12.4. The fourth-order valence-electron chi connectivity index (χ4n) is 3.41. The average molecular weight is 481 g/mol. The van der Waals surface area contributed by atoms with Crippen molar-refractivity contribution in [2.24, 2.45) is 5.16 Å². The minimum Gasteiger partial charge on any atom is -0.434 e. The van der Waals surface area contributed by atoms with E-state index in [4.69, 9.17) is 24.4 Å². The van der Waals surface area contributed by atoms with Crippen LogP contribution in [0.1, 0.15) is 54.6 Å². The quantitative estimate of drug-likeness (QED) is 0.360. The number of ether oxygens (including phenoxy) is 2. The number of hydrogen-bond acceptors (Lipinski definition) is 9. The smallest absolute Gasteiger partial charge is 0.434 e. The van der Waals surface area contributed by atoms with Crippen LogP contribution in [0.25, 0.3) is 0 Å². The first-order valence-corrected chi connectivity index (χ1v) is 11.3. The maximum absolute atomic E-state index is 12.8. The summed E-state index contributed by atoms with van der Waals surface area (Å²) in [5.74, 6) is -1.84. The van der Waals surface area contributed by atoms with Gasteiger partial charge in [0, 0.05) is 5.69 Å². The van der Waals surface area contributed by atoms with Gasteiger partial charge in [0.1, 0.15) is 0 Å². The summed E-state index contributed by atoms with van der Waals surface area (Å²) in [5.41, 5.74) is 5.36.